The molecule has 1 atom stereocenters. The van der Waals surface area contributed by atoms with Crippen molar-refractivity contribution in [2.45, 2.75) is 19.9 Å². The number of hydrogen-bond acceptors (Lipinski definition) is 4. The maximum atomic E-state index is 5.53. The molecule has 4 heteroatoms. The second-order valence-electron chi connectivity index (χ2n) is 4.40. The highest BCUT2D eigenvalue weighted by atomic mass is 16.5. The van der Waals surface area contributed by atoms with Gasteiger partial charge in [-0.15, -0.1) is 0 Å². The van der Waals surface area contributed by atoms with Crippen LogP contribution in [0.2, 0.25) is 0 Å². The first-order valence-corrected chi connectivity index (χ1v) is 6.73. The number of hydrogen-bond donors (Lipinski definition) is 1. The average Bonchev–Trinajstić information content (AvgIpc) is 2.49. The molecule has 0 fully saturated rings. The van der Waals surface area contributed by atoms with E-state index in [1.54, 1.807) is 13.3 Å². The van der Waals surface area contributed by atoms with Crippen molar-refractivity contribution in [1.82, 2.24) is 4.98 Å². The Morgan fingerprint density at radius 3 is 2.75 bits per heavy atom. The van der Waals surface area contributed by atoms with E-state index in [-0.39, 0.29) is 6.04 Å². The first-order valence-electron chi connectivity index (χ1n) is 6.73. The topological polar surface area (TPSA) is 43.4 Å². The normalized spacial score (nSPS) is 11.8. The first-order chi connectivity index (χ1) is 9.76. The van der Waals surface area contributed by atoms with Crippen molar-refractivity contribution in [2.75, 3.05) is 19.0 Å². The molecule has 106 valence electrons. The van der Waals surface area contributed by atoms with Crippen molar-refractivity contribution in [3.05, 3.63) is 48.2 Å². The van der Waals surface area contributed by atoms with Crippen molar-refractivity contribution < 1.29 is 9.47 Å². The molecule has 0 aliphatic rings. The van der Waals surface area contributed by atoms with Crippen LogP contribution in [0.5, 0.6) is 11.6 Å². The Hall–Kier alpha value is -2.23. The zero-order valence-electron chi connectivity index (χ0n) is 12.1. The minimum absolute atomic E-state index is 0.0922. The largest absolute Gasteiger partial charge is 0.496 e. The van der Waals surface area contributed by atoms with Gasteiger partial charge in [-0.25, -0.2) is 4.98 Å². The SMILES string of the molecule is CCOc1ncccc1NC(C)c1ccccc1OC. The third-order valence-electron chi connectivity index (χ3n) is 3.03. The molecule has 0 saturated carbocycles. The van der Waals surface area contributed by atoms with E-state index < -0.39 is 0 Å². The summed E-state index contributed by atoms with van der Waals surface area (Å²) < 4.78 is 10.9. The summed E-state index contributed by atoms with van der Waals surface area (Å²) in [6.45, 7) is 4.62. The Kier molecular flexibility index (Phi) is 4.82. The third kappa shape index (κ3) is 3.20. The average molecular weight is 272 g/mol. The summed E-state index contributed by atoms with van der Waals surface area (Å²) in [6.07, 6.45) is 1.73. The fourth-order valence-corrected chi connectivity index (χ4v) is 2.09. The predicted molar refractivity (Wildman–Crippen MR) is 80.4 cm³/mol. The van der Waals surface area contributed by atoms with Gasteiger partial charge in [0.2, 0.25) is 5.88 Å². The van der Waals surface area contributed by atoms with E-state index in [0.29, 0.717) is 12.5 Å². The predicted octanol–water partition coefficient (Wildman–Crippen LogP) is 3.66. The van der Waals surface area contributed by atoms with E-state index in [9.17, 15) is 0 Å². The Morgan fingerprint density at radius 2 is 2.00 bits per heavy atom. The first kappa shape index (κ1) is 14.2. The van der Waals surface area contributed by atoms with E-state index in [2.05, 4.69) is 17.2 Å². The summed E-state index contributed by atoms with van der Waals surface area (Å²) >= 11 is 0. The number of nitrogens with zero attached hydrogens (tertiary/aromatic N) is 1. The molecule has 0 spiro atoms. The van der Waals surface area contributed by atoms with Gasteiger partial charge in [0.15, 0.2) is 0 Å². The maximum absolute atomic E-state index is 5.53. The van der Waals surface area contributed by atoms with Gasteiger partial charge in [-0.1, -0.05) is 18.2 Å². The molecule has 0 aliphatic heterocycles. The lowest BCUT2D eigenvalue weighted by molar-refractivity contribution is 0.328. The lowest BCUT2D eigenvalue weighted by Crippen LogP contribution is -2.10. The molecular formula is C16H20N2O2. The van der Waals surface area contributed by atoms with Crippen molar-refractivity contribution >= 4 is 5.69 Å². The molecule has 0 saturated heterocycles. The summed E-state index contributed by atoms with van der Waals surface area (Å²) in [7, 11) is 1.68. The Balaban J connectivity index is 2.21. The highest BCUT2D eigenvalue weighted by Gasteiger charge is 2.13. The van der Waals surface area contributed by atoms with E-state index in [4.69, 9.17) is 9.47 Å². The third-order valence-corrected chi connectivity index (χ3v) is 3.03. The van der Waals surface area contributed by atoms with Gasteiger partial charge in [0.1, 0.15) is 5.75 Å². The highest BCUT2D eigenvalue weighted by molar-refractivity contribution is 5.54. The second kappa shape index (κ2) is 6.80. The van der Waals surface area contributed by atoms with Gasteiger partial charge in [-0.2, -0.15) is 0 Å². The summed E-state index contributed by atoms with van der Waals surface area (Å²) in [5.74, 6) is 1.49. The molecule has 2 rings (SSSR count). The van der Waals surface area contributed by atoms with E-state index >= 15 is 0 Å². The summed E-state index contributed by atoms with van der Waals surface area (Å²) in [5.41, 5.74) is 1.98. The summed E-state index contributed by atoms with van der Waals surface area (Å²) in [5, 5.41) is 3.42. The van der Waals surface area contributed by atoms with Crippen LogP contribution in [-0.4, -0.2) is 18.7 Å². The molecule has 1 unspecified atom stereocenters. The molecule has 0 bridgehead atoms. The van der Waals surface area contributed by atoms with Gasteiger partial charge >= 0.3 is 0 Å². The zero-order chi connectivity index (χ0) is 14.4. The number of rotatable bonds is 6. The Bertz CT molecular complexity index is 558. The summed E-state index contributed by atoms with van der Waals surface area (Å²) in [4.78, 5) is 4.24. The monoisotopic (exact) mass is 272 g/mol. The number of pyridine rings is 1. The number of methoxy groups -OCH3 is 1. The highest BCUT2D eigenvalue weighted by Crippen LogP contribution is 2.30. The molecule has 1 heterocycles. The maximum Gasteiger partial charge on any atom is 0.237 e. The minimum Gasteiger partial charge on any atom is -0.496 e. The number of para-hydroxylation sites is 1. The van der Waals surface area contributed by atoms with Crippen LogP contribution >= 0.6 is 0 Å². The van der Waals surface area contributed by atoms with Crippen LogP contribution < -0.4 is 14.8 Å². The fourth-order valence-electron chi connectivity index (χ4n) is 2.09. The van der Waals surface area contributed by atoms with Crippen LogP contribution in [0.4, 0.5) is 5.69 Å². The van der Waals surface area contributed by atoms with Gasteiger partial charge < -0.3 is 14.8 Å². The quantitative estimate of drug-likeness (QED) is 0.871. The molecule has 0 amide bonds. The van der Waals surface area contributed by atoms with Crippen LogP contribution in [0.15, 0.2) is 42.6 Å². The molecule has 1 N–H and O–H groups in total. The number of aromatic nitrogens is 1. The van der Waals surface area contributed by atoms with Gasteiger partial charge in [0.05, 0.1) is 25.4 Å². The fraction of sp³-hybridized carbons (Fsp3) is 0.312. The minimum atomic E-state index is 0.0922. The Labute approximate surface area is 119 Å². The smallest absolute Gasteiger partial charge is 0.237 e. The van der Waals surface area contributed by atoms with E-state index in [0.717, 1.165) is 17.0 Å². The Morgan fingerprint density at radius 1 is 1.20 bits per heavy atom. The van der Waals surface area contributed by atoms with Gasteiger partial charge in [0, 0.05) is 11.8 Å². The molecule has 2 aromatic rings. The van der Waals surface area contributed by atoms with Crippen LogP contribution in [0, 0.1) is 0 Å². The molecule has 1 aromatic carbocycles. The van der Waals surface area contributed by atoms with Crippen LogP contribution in [-0.2, 0) is 0 Å². The van der Waals surface area contributed by atoms with Crippen LogP contribution in [0.1, 0.15) is 25.5 Å². The van der Waals surface area contributed by atoms with E-state index in [1.165, 1.54) is 0 Å². The van der Waals surface area contributed by atoms with E-state index in [1.807, 2.05) is 43.3 Å². The lowest BCUT2D eigenvalue weighted by Gasteiger charge is -2.19. The molecule has 0 aliphatic carbocycles. The van der Waals surface area contributed by atoms with Gasteiger partial charge in [-0.3, -0.25) is 0 Å². The summed E-state index contributed by atoms with van der Waals surface area (Å²) in [6, 6.07) is 11.9. The molecule has 4 nitrogen and oxygen atoms in total. The number of anilines is 1. The van der Waals surface area contributed by atoms with Crippen molar-refractivity contribution in [3.8, 4) is 11.6 Å². The molecule has 0 radical (unpaired) electrons. The van der Waals surface area contributed by atoms with Crippen molar-refractivity contribution in [3.63, 3.8) is 0 Å². The number of ether oxygens (including phenoxy) is 2. The molecule has 20 heavy (non-hydrogen) atoms. The number of benzene rings is 1. The lowest BCUT2D eigenvalue weighted by atomic mass is 10.1. The van der Waals surface area contributed by atoms with Crippen molar-refractivity contribution in [1.29, 1.82) is 0 Å². The molecule has 1 aromatic heterocycles. The molecular weight excluding hydrogens is 252 g/mol. The van der Waals surface area contributed by atoms with Crippen LogP contribution in [0.25, 0.3) is 0 Å². The van der Waals surface area contributed by atoms with Crippen LogP contribution in [0.3, 0.4) is 0 Å². The second-order valence-corrected chi connectivity index (χ2v) is 4.40. The number of nitrogens with one attached hydrogen (secondary N) is 1. The standard InChI is InChI=1S/C16H20N2O2/c1-4-20-16-14(9-7-11-17-16)18-12(2)13-8-5-6-10-15(13)19-3/h5-12,18H,4H2,1-3H3. The van der Waals surface area contributed by atoms with Gasteiger partial charge in [0.25, 0.3) is 0 Å². The van der Waals surface area contributed by atoms with Gasteiger partial charge in [-0.05, 0) is 32.0 Å². The van der Waals surface area contributed by atoms with Crippen molar-refractivity contribution in [2.24, 2.45) is 0 Å². The zero-order valence-corrected chi connectivity index (χ0v) is 12.1.